The third-order valence-corrected chi connectivity index (χ3v) is 5.95. The first-order chi connectivity index (χ1) is 11.4. The molecule has 1 N–H and O–H groups in total. The van der Waals surface area contributed by atoms with E-state index in [1.54, 1.807) is 14.0 Å². The molecular weight excluding hydrogens is 306 g/mol. The molecule has 1 amide bonds. The van der Waals surface area contributed by atoms with E-state index in [0.29, 0.717) is 17.9 Å². The van der Waals surface area contributed by atoms with E-state index < -0.39 is 0 Å². The first-order valence-corrected chi connectivity index (χ1v) is 8.87. The Morgan fingerprint density at radius 3 is 2.67 bits per heavy atom. The summed E-state index contributed by atoms with van der Waals surface area (Å²) in [5, 5.41) is 7.27. The molecule has 2 aliphatic rings. The number of carbonyl (C=O) groups is 1. The second-order valence-corrected chi connectivity index (χ2v) is 7.16. The lowest BCUT2D eigenvalue weighted by Crippen LogP contribution is -2.64. The van der Waals surface area contributed by atoms with Crippen molar-refractivity contribution in [2.24, 2.45) is 12.5 Å². The molecule has 0 radical (unpaired) electrons. The Morgan fingerprint density at radius 2 is 2.04 bits per heavy atom. The normalized spacial score (nSPS) is 24.8. The molecule has 6 heteroatoms. The third-order valence-electron chi connectivity index (χ3n) is 5.95. The molecule has 2 fully saturated rings. The van der Waals surface area contributed by atoms with Crippen molar-refractivity contribution >= 4 is 5.91 Å². The smallest absolute Gasteiger partial charge is 0.279 e. The van der Waals surface area contributed by atoms with E-state index in [4.69, 9.17) is 4.74 Å². The van der Waals surface area contributed by atoms with Crippen LogP contribution in [0.5, 0.6) is 0 Å². The number of hydrogen-bond acceptors (Lipinski definition) is 4. The lowest BCUT2D eigenvalue weighted by molar-refractivity contribution is -0.127. The Balaban J connectivity index is 1.83. The predicted molar refractivity (Wildman–Crippen MR) is 91.1 cm³/mol. The van der Waals surface area contributed by atoms with Crippen LogP contribution in [0.2, 0.25) is 0 Å². The number of ether oxygens (including phenoxy) is 1. The molecule has 1 aromatic rings. The summed E-state index contributed by atoms with van der Waals surface area (Å²) in [5.74, 6) is -0.273. The van der Waals surface area contributed by atoms with E-state index in [0.717, 1.165) is 19.3 Å². The monoisotopic (exact) mass is 333 g/mol. The maximum atomic E-state index is 12.8. The lowest BCUT2D eigenvalue weighted by Gasteiger charge is -2.54. The number of carbonyl (C=O) groups excluding carboxylic acids is 1. The molecular formula is C18H27N3O3. The number of aryl methyl sites for hydroxylation is 2. The molecule has 1 heterocycles. The van der Waals surface area contributed by atoms with Crippen LogP contribution in [0.1, 0.15) is 60.6 Å². The Labute approximate surface area is 142 Å². The summed E-state index contributed by atoms with van der Waals surface area (Å²) in [6, 6.07) is 0.0987. The van der Waals surface area contributed by atoms with Gasteiger partial charge in [0, 0.05) is 25.1 Å². The molecule has 0 unspecified atom stereocenters. The van der Waals surface area contributed by atoms with E-state index in [1.807, 2.05) is 13.8 Å². The van der Waals surface area contributed by atoms with Crippen molar-refractivity contribution in [3.05, 3.63) is 27.2 Å². The van der Waals surface area contributed by atoms with Gasteiger partial charge in [-0.25, -0.2) is 4.68 Å². The van der Waals surface area contributed by atoms with Crippen LogP contribution in [-0.4, -0.2) is 34.4 Å². The molecule has 1 spiro atoms. The molecule has 1 aromatic heterocycles. The van der Waals surface area contributed by atoms with Crippen LogP contribution in [0, 0.1) is 19.3 Å². The van der Waals surface area contributed by atoms with Gasteiger partial charge in [-0.05, 0) is 45.6 Å². The van der Waals surface area contributed by atoms with E-state index in [2.05, 4.69) is 10.4 Å². The fraction of sp³-hybridized carbons (Fsp3) is 0.722. The van der Waals surface area contributed by atoms with Crippen LogP contribution < -0.4 is 10.9 Å². The molecule has 0 aromatic carbocycles. The van der Waals surface area contributed by atoms with Gasteiger partial charge in [0.05, 0.1) is 11.8 Å². The van der Waals surface area contributed by atoms with Crippen LogP contribution in [-0.2, 0) is 11.8 Å². The van der Waals surface area contributed by atoms with Gasteiger partial charge in [0.15, 0.2) is 0 Å². The summed E-state index contributed by atoms with van der Waals surface area (Å²) in [7, 11) is 1.58. The van der Waals surface area contributed by atoms with Crippen LogP contribution >= 0.6 is 0 Å². The maximum absolute atomic E-state index is 12.8. The molecule has 3 rings (SSSR count). The SMILES string of the molecule is CCO[C@@H]1C[C@H](NC(=O)c2c(C)c(C)nn(C)c2=O)C12CCCC2. The highest BCUT2D eigenvalue weighted by Gasteiger charge is 2.57. The van der Waals surface area contributed by atoms with Gasteiger partial charge >= 0.3 is 0 Å². The second-order valence-electron chi connectivity index (χ2n) is 7.16. The first-order valence-electron chi connectivity index (χ1n) is 8.87. The number of aromatic nitrogens is 2. The highest BCUT2D eigenvalue weighted by Crippen LogP contribution is 2.54. The highest BCUT2D eigenvalue weighted by atomic mass is 16.5. The maximum Gasteiger partial charge on any atom is 0.279 e. The van der Waals surface area contributed by atoms with Crippen LogP contribution in [0.15, 0.2) is 4.79 Å². The Kier molecular flexibility index (Phi) is 4.51. The summed E-state index contributed by atoms with van der Waals surface area (Å²) in [5.41, 5.74) is 1.32. The fourth-order valence-corrected chi connectivity index (χ4v) is 4.44. The summed E-state index contributed by atoms with van der Waals surface area (Å²) in [4.78, 5) is 25.2. The van der Waals surface area contributed by atoms with Crippen molar-refractivity contribution in [1.29, 1.82) is 0 Å². The fourth-order valence-electron chi connectivity index (χ4n) is 4.44. The van der Waals surface area contributed by atoms with Crippen molar-refractivity contribution in [3.8, 4) is 0 Å². The Bertz CT molecular complexity index is 704. The molecule has 2 aliphatic carbocycles. The molecule has 0 saturated heterocycles. The minimum Gasteiger partial charge on any atom is -0.378 e. The molecule has 0 bridgehead atoms. The summed E-state index contributed by atoms with van der Waals surface area (Å²) < 4.78 is 7.13. The van der Waals surface area contributed by atoms with Crippen molar-refractivity contribution in [2.45, 2.75) is 65.0 Å². The molecule has 2 saturated carbocycles. The zero-order valence-electron chi connectivity index (χ0n) is 15.0. The second kappa shape index (κ2) is 6.31. The summed E-state index contributed by atoms with van der Waals surface area (Å²) >= 11 is 0. The van der Waals surface area contributed by atoms with Gasteiger partial charge in [-0.15, -0.1) is 0 Å². The minimum absolute atomic E-state index is 0.0624. The third kappa shape index (κ3) is 2.57. The zero-order valence-corrected chi connectivity index (χ0v) is 15.0. The Morgan fingerprint density at radius 1 is 1.38 bits per heavy atom. The van der Waals surface area contributed by atoms with Crippen LogP contribution in [0.25, 0.3) is 0 Å². The van der Waals surface area contributed by atoms with Crippen molar-refractivity contribution in [2.75, 3.05) is 6.61 Å². The highest BCUT2D eigenvalue weighted by molar-refractivity contribution is 5.95. The van der Waals surface area contributed by atoms with Gasteiger partial charge in [-0.3, -0.25) is 9.59 Å². The number of rotatable bonds is 4. The molecule has 24 heavy (non-hydrogen) atoms. The summed E-state index contributed by atoms with van der Waals surface area (Å²) in [6.07, 6.45) is 5.63. The topological polar surface area (TPSA) is 73.2 Å². The van der Waals surface area contributed by atoms with Gasteiger partial charge in [0.2, 0.25) is 0 Å². The van der Waals surface area contributed by atoms with Crippen LogP contribution in [0.4, 0.5) is 0 Å². The van der Waals surface area contributed by atoms with Crippen LogP contribution in [0.3, 0.4) is 0 Å². The number of nitrogens with zero attached hydrogens (tertiary/aromatic N) is 2. The first kappa shape index (κ1) is 17.1. The average molecular weight is 333 g/mol. The quantitative estimate of drug-likeness (QED) is 0.913. The standard InChI is InChI=1S/C18H27N3O3/c1-5-24-14-10-13(18(14)8-6-7-9-18)19-16(22)15-11(2)12(3)20-21(4)17(15)23/h13-14H,5-10H2,1-4H3,(H,19,22)/t13-,14+/m0/s1. The van der Waals surface area contributed by atoms with E-state index in [9.17, 15) is 9.59 Å². The van der Waals surface area contributed by atoms with E-state index in [-0.39, 0.29) is 34.6 Å². The van der Waals surface area contributed by atoms with Crippen molar-refractivity contribution in [1.82, 2.24) is 15.1 Å². The van der Waals surface area contributed by atoms with E-state index >= 15 is 0 Å². The molecule has 132 valence electrons. The molecule has 0 aliphatic heterocycles. The molecule has 2 atom stereocenters. The molecule has 6 nitrogen and oxygen atoms in total. The largest absolute Gasteiger partial charge is 0.378 e. The van der Waals surface area contributed by atoms with Gasteiger partial charge in [0.25, 0.3) is 11.5 Å². The number of amides is 1. The van der Waals surface area contributed by atoms with Crippen molar-refractivity contribution in [3.63, 3.8) is 0 Å². The van der Waals surface area contributed by atoms with Gasteiger partial charge in [0.1, 0.15) is 5.56 Å². The van der Waals surface area contributed by atoms with Crippen molar-refractivity contribution < 1.29 is 9.53 Å². The van der Waals surface area contributed by atoms with Gasteiger partial charge in [-0.2, -0.15) is 5.10 Å². The van der Waals surface area contributed by atoms with Gasteiger partial charge < -0.3 is 10.1 Å². The summed E-state index contributed by atoms with van der Waals surface area (Å²) in [6.45, 7) is 6.32. The van der Waals surface area contributed by atoms with Gasteiger partial charge in [-0.1, -0.05) is 12.8 Å². The number of hydrogen-bond donors (Lipinski definition) is 1. The zero-order chi connectivity index (χ0) is 17.5. The lowest BCUT2D eigenvalue weighted by atomic mass is 9.60. The van der Waals surface area contributed by atoms with E-state index in [1.165, 1.54) is 17.5 Å². The minimum atomic E-state index is -0.336. The Hall–Kier alpha value is -1.69. The number of nitrogens with one attached hydrogen (secondary N) is 1. The predicted octanol–water partition coefficient (Wildman–Crippen LogP) is 1.86. The average Bonchev–Trinajstić information content (AvgIpc) is 3.05.